The summed E-state index contributed by atoms with van der Waals surface area (Å²) >= 11 is 5.42. The summed E-state index contributed by atoms with van der Waals surface area (Å²) in [6.45, 7) is 4.08. The first-order valence-corrected chi connectivity index (χ1v) is 7.80. The number of ether oxygens (including phenoxy) is 2. The van der Waals surface area contributed by atoms with Crippen LogP contribution in [0.4, 0.5) is 5.69 Å². The quantitative estimate of drug-likeness (QED) is 0.809. The van der Waals surface area contributed by atoms with E-state index in [1.54, 1.807) is 14.2 Å². The molecule has 1 unspecified atom stereocenters. The van der Waals surface area contributed by atoms with Gasteiger partial charge in [-0.3, -0.25) is 0 Å². The van der Waals surface area contributed by atoms with E-state index in [2.05, 4.69) is 17.6 Å². The van der Waals surface area contributed by atoms with Crippen molar-refractivity contribution in [1.82, 2.24) is 5.32 Å². The lowest BCUT2D eigenvalue weighted by Gasteiger charge is -2.19. The molecule has 2 N–H and O–H groups in total. The van der Waals surface area contributed by atoms with Crippen molar-refractivity contribution in [2.45, 2.75) is 19.9 Å². The van der Waals surface area contributed by atoms with Gasteiger partial charge in [0, 0.05) is 0 Å². The fourth-order valence-electron chi connectivity index (χ4n) is 2.27. The zero-order valence-corrected chi connectivity index (χ0v) is 14.7. The standard InChI is InChI=1S/C18H22N2O2S/c1-12-8-9-17(22-4)16(10-12)20-18(23)19-13(2)14-6-5-7-15(11-14)21-3/h5-11,13H,1-4H3,(H2,19,20,23). The van der Waals surface area contributed by atoms with Crippen molar-refractivity contribution >= 4 is 23.0 Å². The average molecular weight is 330 g/mol. The molecule has 23 heavy (non-hydrogen) atoms. The third-order valence-corrected chi connectivity index (χ3v) is 3.76. The Bertz CT molecular complexity index is 688. The van der Waals surface area contributed by atoms with Crippen molar-refractivity contribution in [2.75, 3.05) is 19.5 Å². The second-order valence-corrected chi connectivity index (χ2v) is 5.71. The third kappa shape index (κ3) is 4.60. The van der Waals surface area contributed by atoms with E-state index in [-0.39, 0.29) is 6.04 Å². The molecule has 1 atom stereocenters. The van der Waals surface area contributed by atoms with E-state index >= 15 is 0 Å². The molecule has 0 saturated heterocycles. The van der Waals surface area contributed by atoms with Crippen LogP contribution in [-0.4, -0.2) is 19.3 Å². The monoisotopic (exact) mass is 330 g/mol. The molecule has 122 valence electrons. The van der Waals surface area contributed by atoms with Gasteiger partial charge in [-0.1, -0.05) is 18.2 Å². The second-order valence-electron chi connectivity index (χ2n) is 5.30. The van der Waals surface area contributed by atoms with Gasteiger partial charge >= 0.3 is 0 Å². The summed E-state index contributed by atoms with van der Waals surface area (Å²) in [7, 11) is 3.30. The molecule has 0 fully saturated rings. The van der Waals surface area contributed by atoms with Crippen LogP contribution in [0.1, 0.15) is 24.1 Å². The van der Waals surface area contributed by atoms with Gasteiger partial charge in [-0.25, -0.2) is 0 Å². The number of aryl methyl sites for hydroxylation is 1. The average Bonchev–Trinajstić information content (AvgIpc) is 2.55. The van der Waals surface area contributed by atoms with Crippen LogP contribution in [0.25, 0.3) is 0 Å². The summed E-state index contributed by atoms with van der Waals surface area (Å²) in [4.78, 5) is 0. The molecular weight excluding hydrogens is 308 g/mol. The zero-order valence-electron chi connectivity index (χ0n) is 13.8. The van der Waals surface area contributed by atoms with E-state index in [1.165, 1.54) is 0 Å². The molecule has 4 nitrogen and oxygen atoms in total. The van der Waals surface area contributed by atoms with Crippen molar-refractivity contribution in [3.8, 4) is 11.5 Å². The smallest absolute Gasteiger partial charge is 0.171 e. The molecule has 0 saturated carbocycles. The summed E-state index contributed by atoms with van der Waals surface area (Å²) in [6, 6.07) is 13.9. The van der Waals surface area contributed by atoms with Crippen molar-refractivity contribution in [2.24, 2.45) is 0 Å². The molecule has 0 aliphatic rings. The minimum Gasteiger partial charge on any atom is -0.497 e. The number of nitrogens with one attached hydrogen (secondary N) is 2. The predicted molar refractivity (Wildman–Crippen MR) is 98.5 cm³/mol. The lowest BCUT2D eigenvalue weighted by Crippen LogP contribution is -2.31. The largest absolute Gasteiger partial charge is 0.497 e. The highest BCUT2D eigenvalue weighted by Gasteiger charge is 2.10. The molecule has 0 spiro atoms. The lowest BCUT2D eigenvalue weighted by atomic mass is 10.1. The number of methoxy groups -OCH3 is 2. The van der Waals surface area contributed by atoms with Gasteiger partial charge in [0.25, 0.3) is 0 Å². The van der Waals surface area contributed by atoms with Gasteiger partial charge in [0.15, 0.2) is 5.11 Å². The molecule has 5 heteroatoms. The highest BCUT2D eigenvalue weighted by Crippen LogP contribution is 2.25. The number of anilines is 1. The van der Waals surface area contributed by atoms with Crippen molar-refractivity contribution in [1.29, 1.82) is 0 Å². The molecule has 2 rings (SSSR count). The van der Waals surface area contributed by atoms with Gasteiger partial charge < -0.3 is 20.1 Å². The maximum absolute atomic E-state index is 5.42. The van der Waals surface area contributed by atoms with Crippen LogP contribution in [0, 0.1) is 6.92 Å². The highest BCUT2D eigenvalue weighted by molar-refractivity contribution is 7.80. The maximum atomic E-state index is 5.42. The Labute approximate surface area is 142 Å². The van der Waals surface area contributed by atoms with Gasteiger partial charge in [-0.15, -0.1) is 0 Å². The molecular formula is C18H22N2O2S. The van der Waals surface area contributed by atoms with E-state index in [9.17, 15) is 0 Å². The second kappa shape index (κ2) is 7.83. The molecule has 2 aromatic rings. The van der Waals surface area contributed by atoms with E-state index in [0.29, 0.717) is 5.11 Å². The Morgan fingerprint density at radius 2 is 1.87 bits per heavy atom. The van der Waals surface area contributed by atoms with Gasteiger partial charge in [0.05, 0.1) is 25.9 Å². The fraction of sp³-hybridized carbons (Fsp3) is 0.278. The molecule has 0 heterocycles. The van der Waals surface area contributed by atoms with Gasteiger partial charge in [0.2, 0.25) is 0 Å². The number of thiocarbonyl (C=S) groups is 1. The minimum absolute atomic E-state index is 0.0564. The Morgan fingerprint density at radius 3 is 2.57 bits per heavy atom. The first-order valence-electron chi connectivity index (χ1n) is 7.39. The summed E-state index contributed by atoms with van der Waals surface area (Å²) < 4.78 is 10.6. The van der Waals surface area contributed by atoms with Crippen LogP contribution < -0.4 is 20.1 Å². The fourth-order valence-corrected chi connectivity index (χ4v) is 2.56. The van der Waals surface area contributed by atoms with Crippen molar-refractivity contribution in [3.63, 3.8) is 0 Å². The first kappa shape index (κ1) is 17.1. The predicted octanol–water partition coefficient (Wildman–Crippen LogP) is 4.06. The van der Waals surface area contributed by atoms with E-state index in [1.807, 2.05) is 49.4 Å². The van der Waals surface area contributed by atoms with E-state index in [4.69, 9.17) is 21.7 Å². The van der Waals surface area contributed by atoms with Crippen LogP contribution in [0.2, 0.25) is 0 Å². The summed E-state index contributed by atoms with van der Waals surface area (Å²) in [5.41, 5.74) is 3.09. The van der Waals surface area contributed by atoms with Crippen LogP contribution in [0.3, 0.4) is 0 Å². The van der Waals surface area contributed by atoms with Crippen molar-refractivity contribution < 1.29 is 9.47 Å². The Morgan fingerprint density at radius 1 is 1.09 bits per heavy atom. The van der Waals surface area contributed by atoms with E-state index in [0.717, 1.165) is 28.3 Å². The first-order chi connectivity index (χ1) is 11.0. The molecule has 0 aliphatic heterocycles. The SMILES string of the molecule is COc1cccc(C(C)NC(=S)Nc2cc(C)ccc2OC)c1. The normalized spacial score (nSPS) is 11.5. The Balaban J connectivity index is 2.05. The lowest BCUT2D eigenvalue weighted by molar-refractivity contribution is 0.413. The van der Waals surface area contributed by atoms with Crippen LogP contribution in [0.15, 0.2) is 42.5 Å². The van der Waals surface area contributed by atoms with Gasteiger partial charge in [-0.05, 0) is 61.5 Å². The maximum Gasteiger partial charge on any atom is 0.171 e. The number of benzene rings is 2. The topological polar surface area (TPSA) is 42.5 Å². The Hall–Kier alpha value is -2.27. The number of hydrogen-bond acceptors (Lipinski definition) is 3. The van der Waals surface area contributed by atoms with Crippen molar-refractivity contribution in [3.05, 3.63) is 53.6 Å². The van der Waals surface area contributed by atoms with E-state index < -0.39 is 0 Å². The molecule has 0 radical (unpaired) electrons. The van der Waals surface area contributed by atoms with Gasteiger partial charge in [-0.2, -0.15) is 0 Å². The minimum atomic E-state index is 0.0564. The summed E-state index contributed by atoms with van der Waals surface area (Å²) in [5, 5.41) is 7.02. The zero-order chi connectivity index (χ0) is 16.8. The molecule has 0 aliphatic carbocycles. The highest BCUT2D eigenvalue weighted by atomic mass is 32.1. The number of hydrogen-bond donors (Lipinski definition) is 2. The van der Waals surface area contributed by atoms with Gasteiger partial charge in [0.1, 0.15) is 11.5 Å². The number of rotatable bonds is 5. The van der Waals surface area contributed by atoms with Crippen LogP contribution >= 0.6 is 12.2 Å². The molecule has 2 aromatic carbocycles. The van der Waals surface area contributed by atoms with Crippen LogP contribution in [-0.2, 0) is 0 Å². The molecule has 0 amide bonds. The molecule has 0 aromatic heterocycles. The van der Waals surface area contributed by atoms with Crippen LogP contribution in [0.5, 0.6) is 11.5 Å². The Kier molecular flexibility index (Phi) is 5.82. The summed E-state index contributed by atoms with van der Waals surface area (Å²) in [5.74, 6) is 1.59. The third-order valence-electron chi connectivity index (χ3n) is 3.54. The molecule has 0 bridgehead atoms. The summed E-state index contributed by atoms with van der Waals surface area (Å²) in [6.07, 6.45) is 0.